The van der Waals surface area contributed by atoms with Crippen molar-refractivity contribution in [2.45, 2.75) is 51.7 Å². The van der Waals surface area contributed by atoms with Gasteiger partial charge >= 0.3 is 0 Å². The van der Waals surface area contributed by atoms with Crippen LogP contribution in [0.1, 0.15) is 44.6 Å². The highest BCUT2D eigenvalue weighted by atomic mass is 19.1. The highest BCUT2D eigenvalue weighted by Gasteiger charge is 2.22. The first-order chi connectivity index (χ1) is 8.77. The van der Waals surface area contributed by atoms with Crippen LogP contribution in [0.5, 0.6) is 0 Å². The third kappa shape index (κ3) is 2.66. The molecule has 1 aliphatic heterocycles. The number of aliphatic hydroxyl groups is 1. The summed E-state index contributed by atoms with van der Waals surface area (Å²) >= 11 is 0. The fraction of sp³-hybridized carbons (Fsp3) is 0.600. The lowest BCUT2D eigenvalue weighted by atomic mass is 10.1. The predicted octanol–water partition coefficient (Wildman–Crippen LogP) is 3.48. The minimum atomic E-state index is -0.297. The van der Waals surface area contributed by atoms with Gasteiger partial charge in [-0.15, -0.1) is 0 Å². The molecule has 2 rings (SSSR count). The number of nitrogens with zero attached hydrogens (tertiary/aromatic N) is 1. The van der Waals surface area contributed by atoms with Crippen molar-refractivity contribution in [2.75, 3.05) is 11.4 Å². The standard InChI is InChI=1S/C15H22FNO/c1-2-12-7-4-3-5-10-17(12)15-9-6-8-14(16)13(15)11-18/h6,8-9,12,18H,2-5,7,10-11H2,1H3. The molecule has 1 aromatic rings. The maximum Gasteiger partial charge on any atom is 0.130 e. The van der Waals surface area contributed by atoms with E-state index in [1.165, 1.54) is 18.9 Å². The molecule has 1 atom stereocenters. The van der Waals surface area contributed by atoms with Crippen LogP contribution in [0.2, 0.25) is 0 Å². The van der Waals surface area contributed by atoms with E-state index >= 15 is 0 Å². The molecule has 0 radical (unpaired) electrons. The van der Waals surface area contributed by atoms with Gasteiger partial charge in [0.2, 0.25) is 0 Å². The number of anilines is 1. The van der Waals surface area contributed by atoms with E-state index in [2.05, 4.69) is 11.8 Å². The molecule has 100 valence electrons. The van der Waals surface area contributed by atoms with Crippen LogP contribution in [0.4, 0.5) is 10.1 Å². The van der Waals surface area contributed by atoms with Crippen molar-refractivity contribution in [1.29, 1.82) is 0 Å². The van der Waals surface area contributed by atoms with Crippen LogP contribution >= 0.6 is 0 Å². The summed E-state index contributed by atoms with van der Waals surface area (Å²) in [6.07, 6.45) is 5.88. The summed E-state index contributed by atoms with van der Waals surface area (Å²) in [7, 11) is 0. The van der Waals surface area contributed by atoms with Crippen molar-refractivity contribution in [2.24, 2.45) is 0 Å². The van der Waals surface area contributed by atoms with Gasteiger partial charge in [0.05, 0.1) is 6.61 Å². The van der Waals surface area contributed by atoms with E-state index in [0.29, 0.717) is 11.6 Å². The fourth-order valence-electron chi connectivity index (χ4n) is 2.89. The van der Waals surface area contributed by atoms with Crippen molar-refractivity contribution in [1.82, 2.24) is 0 Å². The molecule has 1 heterocycles. The van der Waals surface area contributed by atoms with Crippen LogP contribution in [0.25, 0.3) is 0 Å². The van der Waals surface area contributed by atoms with Crippen LogP contribution < -0.4 is 4.90 Å². The number of halogens is 1. The van der Waals surface area contributed by atoms with Gasteiger partial charge in [-0.3, -0.25) is 0 Å². The number of rotatable bonds is 3. The minimum absolute atomic E-state index is 0.227. The molecule has 0 bridgehead atoms. The summed E-state index contributed by atoms with van der Waals surface area (Å²) in [6.45, 7) is 2.92. The van der Waals surface area contributed by atoms with Gasteiger partial charge in [0, 0.05) is 23.8 Å². The predicted molar refractivity (Wildman–Crippen MR) is 72.2 cm³/mol. The van der Waals surface area contributed by atoms with Gasteiger partial charge in [0.1, 0.15) is 5.82 Å². The molecule has 0 spiro atoms. The molecule has 1 N–H and O–H groups in total. The molecule has 0 amide bonds. The minimum Gasteiger partial charge on any atom is -0.391 e. The van der Waals surface area contributed by atoms with Gasteiger partial charge in [-0.25, -0.2) is 4.39 Å². The first-order valence-electron chi connectivity index (χ1n) is 6.92. The fourth-order valence-corrected chi connectivity index (χ4v) is 2.89. The topological polar surface area (TPSA) is 23.5 Å². The Labute approximate surface area is 108 Å². The zero-order valence-electron chi connectivity index (χ0n) is 11.0. The van der Waals surface area contributed by atoms with E-state index in [1.807, 2.05) is 6.07 Å². The summed E-state index contributed by atoms with van der Waals surface area (Å²) in [4.78, 5) is 2.29. The molecule has 18 heavy (non-hydrogen) atoms. The molecule has 0 aromatic heterocycles. The van der Waals surface area contributed by atoms with Crippen molar-refractivity contribution in [3.05, 3.63) is 29.6 Å². The van der Waals surface area contributed by atoms with E-state index in [9.17, 15) is 9.50 Å². The van der Waals surface area contributed by atoms with Gasteiger partial charge < -0.3 is 10.0 Å². The number of hydrogen-bond donors (Lipinski definition) is 1. The molecule has 2 nitrogen and oxygen atoms in total. The summed E-state index contributed by atoms with van der Waals surface area (Å²) in [5.41, 5.74) is 1.32. The van der Waals surface area contributed by atoms with Gasteiger partial charge in [-0.2, -0.15) is 0 Å². The second-order valence-corrected chi connectivity index (χ2v) is 5.00. The maximum absolute atomic E-state index is 13.8. The molecule has 3 heteroatoms. The Morgan fingerprint density at radius 2 is 2.17 bits per heavy atom. The summed E-state index contributed by atoms with van der Waals surface area (Å²) < 4.78 is 13.8. The van der Waals surface area contributed by atoms with E-state index in [0.717, 1.165) is 31.5 Å². The van der Waals surface area contributed by atoms with Gasteiger partial charge in [0.25, 0.3) is 0 Å². The molecule has 0 aliphatic carbocycles. The zero-order valence-corrected chi connectivity index (χ0v) is 11.0. The van der Waals surface area contributed by atoms with Crippen LogP contribution in [-0.2, 0) is 6.61 Å². The highest BCUT2D eigenvalue weighted by Crippen LogP contribution is 2.30. The molecular formula is C15H22FNO. The lowest BCUT2D eigenvalue weighted by Crippen LogP contribution is -2.35. The van der Waals surface area contributed by atoms with E-state index in [1.54, 1.807) is 6.07 Å². The number of benzene rings is 1. The molecular weight excluding hydrogens is 229 g/mol. The van der Waals surface area contributed by atoms with Crippen molar-refractivity contribution >= 4 is 5.69 Å². The largest absolute Gasteiger partial charge is 0.391 e. The lowest BCUT2D eigenvalue weighted by molar-refractivity contribution is 0.275. The van der Waals surface area contributed by atoms with Crippen LogP contribution in [0.15, 0.2) is 18.2 Å². The second kappa shape index (κ2) is 6.19. The molecule has 0 saturated carbocycles. The molecule has 1 unspecified atom stereocenters. The van der Waals surface area contributed by atoms with Crippen molar-refractivity contribution < 1.29 is 9.50 Å². The quantitative estimate of drug-likeness (QED) is 0.889. The first kappa shape index (κ1) is 13.3. The Balaban J connectivity index is 2.35. The van der Waals surface area contributed by atoms with Crippen molar-refractivity contribution in [3.8, 4) is 0 Å². The SMILES string of the molecule is CCC1CCCCCN1c1cccc(F)c1CO. The van der Waals surface area contributed by atoms with Crippen LogP contribution in [0.3, 0.4) is 0 Å². The highest BCUT2D eigenvalue weighted by molar-refractivity contribution is 5.55. The van der Waals surface area contributed by atoms with E-state index in [-0.39, 0.29) is 12.4 Å². The Morgan fingerprint density at radius 3 is 2.89 bits per heavy atom. The Kier molecular flexibility index (Phi) is 4.59. The number of aliphatic hydroxyl groups excluding tert-OH is 1. The van der Waals surface area contributed by atoms with Crippen LogP contribution in [0, 0.1) is 5.82 Å². The Morgan fingerprint density at radius 1 is 1.33 bits per heavy atom. The summed E-state index contributed by atoms with van der Waals surface area (Å²) in [6, 6.07) is 5.57. The van der Waals surface area contributed by atoms with Crippen LogP contribution in [-0.4, -0.2) is 17.7 Å². The monoisotopic (exact) mass is 251 g/mol. The van der Waals surface area contributed by atoms with Gasteiger partial charge in [0.15, 0.2) is 0 Å². The first-order valence-corrected chi connectivity index (χ1v) is 6.92. The van der Waals surface area contributed by atoms with Gasteiger partial charge in [-0.05, 0) is 31.4 Å². The van der Waals surface area contributed by atoms with E-state index < -0.39 is 0 Å². The van der Waals surface area contributed by atoms with E-state index in [4.69, 9.17) is 0 Å². The Bertz CT molecular complexity index is 394. The second-order valence-electron chi connectivity index (χ2n) is 5.00. The molecule has 1 aromatic carbocycles. The third-order valence-electron chi connectivity index (χ3n) is 3.91. The average molecular weight is 251 g/mol. The molecule has 1 fully saturated rings. The molecule has 1 aliphatic rings. The maximum atomic E-state index is 13.8. The normalized spacial score (nSPS) is 20.8. The number of hydrogen-bond acceptors (Lipinski definition) is 2. The lowest BCUT2D eigenvalue weighted by Gasteiger charge is -2.33. The zero-order chi connectivity index (χ0) is 13.0. The summed E-state index contributed by atoms with van der Waals surface area (Å²) in [5.74, 6) is -0.297. The van der Waals surface area contributed by atoms with Crippen molar-refractivity contribution in [3.63, 3.8) is 0 Å². The third-order valence-corrected chi connectivity index (χ3v) is 3.91. The average Bonchev–Trinajstić information content (AvgIpc) is 2.63. The Hall–Kier alpha value is -1.09. The summed E-state index contributed by atoms with van der Waals surface area (Å²) in [5, 5.41) is 9.39. The smallest absolute Gasteiger partial charge is 0.130 e. The van der Waals surface area contributed by atoms with Gasteiger partial charge in [-0.1, -0.05) is 25.8 Å². The molecule has 1 saturated heterocycles.